The van der Waals surface area contributed by atoms with Crippen molar-refractivity contribution in [3.05, 3.63) is 46.8 Å². The highest BCUT2D eigenvalue weighted by molar-refractivity contribution is 5.31. The molecule has 1 N–H and O–H groups in total. The average molecular weight is 275 g/mol. The second kappa shape index (κ2) is 7.58. The average Bonchev–Trinajstić information content (AvgIpc) is 2.47. The van der Waals surface area contributed by atoms with Crippen molar-refractivity contribution < 1.29 is 4.39 Å². The first-order valence-electron chi connectivity index (χ1n) is 7.88. The summed E-state index contributed by atoms with van der Waals surface area (Å²) in [5, 5.41) is 3.59. The van der Waals surface area contributed by atoms with E-state index in [1.807, 2.05) is 6.07 Å². The van der Waals surface area contributed by atoms with Crippen molar-refractivity contribution in [2.24, 2.45) is 0 Å². The van der Waals surface area contributed by atoms with Gasteiger partial charge < -0.3 is 5.32 Å². The number of aryl methyl sites for hydroxylation is 1. The third kappa shape index (κ3) is 4.17. The molecule has 2 rings (SSSR count). The molecule has 1 aromatic rings. The van der Waals surface area contributed by atoms with E-state index in [1.165, 1.54) is 36.8 Å². The summed E-state index contributed by atoms with van der Waals surface area (Å²) < 4.78 is 13.6. The molecule has 0 radical (unpaired) electrons. The lowest BCUT2D eigenvalue weighted by molar-refractivity contribution is 0.506. The van der Waals surface area contributed by atoms with Crippen molar-refractivity contribution in [2.45, 2.75) is 58.4 Å². The quantitative estimate of drug-likeness (QED) is 0.715. The Balaban J connectivity index is 2.17. The molecular formula is C18H26FN. The monoisotopic (exact) mass is 275 g/mol. The Morgan fingerprint density at radius 2 is 2.15 bits per heavy atom. The molecular weight excluding hydrogens is 249 g/mol. The van der Waals surface area contributed by atoms with Gasteiger partial charge >= 0.3 is 0 Å². The van der Waals surface area contributed by atoms with Gasteiger partial charge in [-0.05, 0) is 75.3 Å². The van der Waals surface area contributed by atoms with Gasteiger partial charge in [0.05, 0.1) is 0 Å². The van der Waals surface area contributed by atoms with Crippen molar-refractivity contribution in [1.29, 1.82) is 0 Å². The molecule has 0 spiro atoms. The summed E-state index contributed by atoms with van der Waals surface area (Å²) in [4.78, 5) is 0. The number of halogens is 1. The minimum Gasteiger partial charge on any atom is -0.310 e. The molecule has 1 aromatic carbocycles. The SMILES string of the molecule is CCCNC(CC1=CCCCC1)c1cc(F)ccc1C. The molecule has 110 valence electrons. The molecule has 0 heterocycles. The van der Waals surface area contributed by atoms with Gasteiger partial charge in [-0.3, -0.25) is 0 Å². The third-order valence-corrected chi connectivity index (χ3v) is 4.11. The van der Waals surface area contributed by atoms with Crippen LogP contribution in [0.15, 0.2) is 29.8 Å². The molecule has 1 nitrogen and oxygen atoms in total. The lowest BCUT2D eigenvalue weighted by Gasteiger charge is -2.24. The summed E-state index contributed by atoms with van der Waals surface area (Å²) in [7, 11) is 0. The standard InChI is InChI=1S/C18H26FN/c1-3-11-20-18(12-15-7-5-4-6-8-15)17-13-16(19)10-9-14(17)2/h7,9-10,13,18,20H,3-6,8,11-12H2,1-2H3. The molecule has 0 aliphatic heterocycles. The van der Waals surface area contributed by atoms with Gasteiger partial charge in [-0.1, -0.05) is 24.6 Å². The van der Waals surface area contributed by atoms with Crippen LogP contribution < -0.4 is 5.32 Å². The second-order valence-corrected chi connectivity index (χ2v) is 5.82. The van der Waals surface area contributed by atoms with Crippen molar-refractivity contribution >= 4 is 0 Å². The second-order valence-electron chi connectivity index (χ2n) is 5.82. The normalized spacial score (nSPS) is 16.9. The summed E-state index contributed by atoms with van der Waals surface area (Å²) in [6.07, 6.45) is 9.54. The molecule has 0 saturated carbocycles. The number of nitrogens with one attached hydrogen (secondary N) is 1. The zero-order valence-electron chi connectivity index (χ0n) is 12.7. The van der Waals surface area contributed by atoms with E-state index in [4.69, 9.17) is 0 Å². The minimum atomic E-state index is -0.133. The zero-order chi connectivity index (χ0) is 14.4. The van der Waals surface area contributed by atoms with Crippen LogP contribution in [0.25, 0.3) is 0 Å². The van der Waals surface area contributed by atoms with Crippen LogP contribution in [0.2, 0.25) is 0 Å². The van der Waals surface area contributed by atoms with E-state index in [1.54, 1.807) is 12.1 Å². The highest BCUT2D eigenvalue weighted by Crippen LogP contribution is 2.29. The van der Waals surface area contributed by atoms with Gasteiger partial charge in [0.2, 0.25) is 0 Å². The molecule has 1 aliphatic carbocycles. The number of hydrogen-bond acceptors (Lipinski definition) is 1. The fraction of sp³-hybridized carbons (Fsp3) is 0.556. The van der Waals surface area contributed by atoms with E-state index >= 15 is 0 Å². The van der Waals surface area contributed by atoms with E-state index < -0.39 is 0 Å². The Bertz CT molecular complexity index is 464. The van der Waals surface area contributed by atoms with Crippen LogP contribution >= 0.6 is 0 Å². The molecule has 1 atom stereocenters. The first-order valence-corrected chi connectivity index (χ1v) is 7.88. The van der Waals surface area contributed by atoms with Crippen molar-refractivity contribution in [3.8, 4) is 0 Å². The maximum absolute atomic E-state index is 13.6. The third-order valence-electron chi connectivity index (χ3n) is 4.11. The maximum Gasteiger partial charge on any atom is 0.123 e. The Hall–Kier alpha value is -1.15. The van der Waals surface area contributed by atoms with E-state index in [0.717, 1.165) is 24.9 Å². The summed E-state index contributed by atoms with van der Waals surface area (Å²) in [5.74, 6) is -0.133. The van der Waals surface area contributed by atoms with Gasteiger partial charge in [-0.2, -0.15) is 0 Å². The number of allylic oxidation sites excluding steroid dienone is 1. The van der Waals surface area contributed by atoms with Crippen LogP contribution in [-0.4, -0.2) is 6.54 Å². The summed E-state index contributed by atoms with van der Waals surface area (Å²) in [5.41, 5.74) is 3.83. The summed E-state index contributed by atoms with van der Waals surface area (Å²) in [6.45, 7) is 5.22. The Morgan fingerprint density at radius 3 is 2.85 bits per heavy atom. The van der Waals surface area contributed by atoms with Crippen LogP contribution in [0.1, 0.15) is 62.6 Å². The van der Waals surface area contributed by atoms with Crippen LogP contribution in [0, 0.1) is 12.7 Å². The lowest BCUT2D eigenvalue weighted by atomic mass is 9.90. The Labute approximate surface area is 122 Å². The molecule has 0 aromatic heterocycles. The molecule has 0 amide bonds. The molecule has 2 heteroatoms. The highest BCUT2D eigenvalue weighted by Gasteiger charge is 2.16. The number of hydrogen-bond donors (Lipinski definition) is 1. The van der Waals surface area contributed by atoms with Crippen molar-refractivity contribution in [1.82, 2.24) is 5.32 Å². The Morgan fingerprint density at radius 1 is 1.30 bits per heavy atom. The van der Waals surface area contributed by atoms with E-state index in [2.05, 4.69) is 25.2 Å². The predicted molar refractivity (Wildman–Crippen MR) is 83.3 cm³/mol. The largest absolute Gasteiger partial charge is 0.310 e. The fourth-order valence-electron chi connectivity index (χ4n) is 2.95. The Kier molecular flexibility index (Phi) is 5.78. The van der Waals surface area contributed by atoms with Gasteiger partial charge in [-0.25, -0.2) is 4.39 Å². The van der Waals surface area contributed by atoms with Gasteiger partial charge in [0.25, 0.3) is 0 Å². The van der Waals surface area contributed by atoms with E-state index in [0.29, 0.717) is 0 Å². The molecule has 1 unspecified atom stereocenters. The van der Waals surface area contributed by atoms with Crippen LogP contribution in [0.4, 0.5) is 4.39 Å². The smallest absolute Gasteiger partial charge is 0.123 e. The first-order chi connectivity index (χ1) is 9.70. The predicted octanol–water partition coefficient (Wildman–Crippen LogP) is 5.07. The van der Waals surface area contributed by atoms with E-state index in [-0.39, 0.29) is 11.9 Å². The molecule has 0 fully saturated rings. The van der Waals surface area contributed by atoms with E-state index in [9.17, 15) is 4.39 Å². The van der Waals surface area contributed by atoms with Crippen molar-refractivity contribution in [2.75, 3.05) is 6.54 Å². The van der Waals surface area contributed by atoms with Gasteiger partial charge in [0.1, 0.15) is 5.82 Å². The maximum atomic E-state index is 13.6. The van der Waals surface area contributed by atoms with Gasteiger partial charge in [0.15, 0.2) is 0 Å². The van der Waals surface area contributed by atoms with Crippen LogP contribution in [0.5, 0.6) is 0 Å². The van der Waals surface area contributed by atoms with Crippen LogP contribution in [-0.2, 0) is 0 Å². The zero-order valence-corrected chi connectivity index (χ0v) is 12.7. The van der Waals surface area contributed by atoms with Gasteiger partial charge in [-0.15, -0.1) is 0 Å². The van der Waals surface area contributed by atoms with Gasteiger partial charge in [0, 0.05) is 6.04 Å². The molecule has 1 aliphatic rings. The number of benzene rings is 1. The first kappa shape index (κ1) is 15.2. The summed E-state index contributed by atoms with van der Waals surface area (Å²) in [6, 6.07) is 5.39. The topological polar surface area (TPSA) is 12.0 Å². The lowest BCUT2D eigenvalue weighted by Crippen LogP contribution is -2.24. The molecule has 0 saturated heterocycles. The highest BCUT2D eigenvalue weighted by atomic mass is 19.1. The molecule has 0 bridgehead atoms. The number of rotatable bonds is 6. The summed E-state index contributed by atoms with van der Waals surface area (Å²) >= 11 is 0. The van der Waals surface area contributed by atoms with Crippen LogP contribution in [0.3, 0.4) is 0 Å². The fourth-order valence-corrected chi connectivity index (χ4v) is 2.95. The van der Waals surface area contributed by atoms with Crippen molar-refractivity contribution in [3.63, 3.8) is 0 Å². The minimum absolute atomic E-state index is 0.133. The molecule has 20 heavy (non-hydrogen) atoms.